The Morgan fingerprint density at radius 3 is 1.30 bits per heavy atom. The molecule has 0 unspecified atom stereocenters. The lowest BCUT2D eigenvalue weighted by Crippen LogP contribution is -2.01. The first-order chi connectivity index (χ1) is 34.2. The molecule has 0 saturated heterocycles. The van der Waals surface area contributed by atoms with Crippen LogP contribution in [0.1, 0.15) is 0 Å². The van der Waals surface area contributed by atoms with Gasteiger partial charge in [-0.15, -0.1) is 0 Å². The second kappa shape index (κ2) is 15.6. The Morgan fingerprint density at radius 1 is 0.246 bits per heavy atom. The lowest BCUT2D eigenvalue weighted by molar-refractivity contribution is 0.669. The molecule has 0 aliphatic rings. The summed E-state index contributed by atoms with van der Waals surface area (Å²) in [6.07, 6.45) is 0. The number of hydrogen-bond acceptors (Lipinski definition) is 4. The van der Waals surface area contributed by atoms with Crippen LogP contribution in [0.2, 0.25) is 0 Å². The van der Waals surface area contributed by atoms with E-state index in [1.807, 2.05) is 36.4 Å². The first-order valence-corrected chi connectivity index (χ1v) is 23.3. The summed E-state index contributed by atoms with van der Waals surface area (Å²) in [4.78, 5) is 15.5. The molecule has 14 rings (SSSR count). The Kier molecular flexibility index (Phi) is 8.79. The standard InChI is InChI=1S/C63H39N5O/c1-4-16-40(17-5-1)42-20-14-21-43(34-42)44-30-32-51-52-33-31-46(37-60(52)69-59(51)36-44)63-65-61(41-18-6-2-7-19-41)64-62(66-63)45-22-15-25-48(35-45)68-56-29-13-11-27-50(56)54-38-57-53(39-58(54)68)49-26-10-12-28-55(49)67(57)47-23-8-3-9-24-47/h1-39H. The van der Waals surface area contributed by atoms with Crippen molar-refractivity contribution in [1.82, 2.24) is 24.1 Å². The summed E-state index contributed by atoms with van der Waals surface area (Å²) in [6, 6.07) is 83.4. The van der Waals surface area contributed by atoms with E-state index in [0.717, 1.165) is 72.2 Å². The molecule has 322 valence electrons. The van der Waals surface area contributed by atoms with Gasteiger partial charge in [0.2, 0.25) is 0 Å². The van der Waals surface area contributed by atoms with Crippen molar-refractivity contribution in [1.29, 1.82) is 0 Å². The second-order valence-electron chi connectivity index (χ2n) is 17.6. The minimum atomic E-state index is 0.569. The number of para-hydroxylation sites is 3. The van der Waals surface area contributed by atoms with Gasteiger partial charge in [0.05, 0.1) is 22.1 Å². The average molecular weight is 882 g/mol. The highest BCUT2D eigenvalue weighted by molar-refractivity contribution is 6.19. The maximum absolute atomic E-state index is 6.65. The normalized spacial score (nSPS) is 11.8. The fourth-order valence-corrected chi connectivity index (χ4v) is 10.3. The fraction of sp³-hybridized carbons (Fsp3) is 0. The molecule has 0 atom stereocenters. The molecule has 0 amide bonds. The SMILES string of the molecule is c1ccc(-c2cccc(-c3ccc4c(c3)oc3cc(-c5nc(-c6ccccc6)nc(-c6cccc(-n7c8ccccc8c8cc9c(cc87)c7ccccc7n9-c7ccccc7)c6)n5)ccc34)c2)cc1. The third-order valence-corrected chi connectivity index (χ3v) is 13.5. The Bertz CT molecular complexity index is 4300. The monoisotopic (exact) mass is 881 g/mol. The number of benzene rings is 10. The van der Waals surface area contributed by atoms with Gasteiger partial charge in [-0.25, -0.2) is 15.0 Å². The van der Waals surface area contributed by atoms with Crippen molar-refractivity contribution in [3.8, 4) is 67.8 Å². The predicted octanol–water partition coefficient (Wildman–Crippen LogP) is 16.3. The largest absolute Gasteiger partial charge is 0.456 e. The highest BCUT2D eigenvalue weighted by Crippen LogP contribution is 2.41. The van der Waals surface area contributed by atoms with Gasteiger partial charge < -0.3 is 13.6 Å². The number of rotatable bonds is 7. The van der Waals surface area contributed by atoms with Gasteiger partial charge >= 0.3 is 0 Å². The minimum absolute atomic E-state index is 0.569. The van der Waals surface area contributed by atoms with E-state index < -0.39 is 0 Å². The first-order valence-electron chi connectivity index (χ1n) is 23.3. The Balaban J connectivity index is 0.894. The molecule has 69 heavy (non-hydrogen) atoms. The summed E-state index contributed by atoms with van der Waals surface area (Å²) in [5.74, 6) is 1.75. The smallest absolute Gasteiger partial charge is 0.164 e. The number of aromatic nitrogens is 5. The van der Waals surface area contributed by atoms with Crippen LogP contribution in [0.3, 0.4) is 0 Å². The Hall–Kier alpha value is -9.39. The summed E-state index contributed by atoms with van der Waals surface area (Å²) in [5, 5.41) is 6.89. The van der Waals surface area contributed by atoms with Crippen LogP contribution in [0, 0.1) is 0 Å². The summed E-state index contributed by atoms with van der Waals surface area (Å²) in [6.45, 7) is 0. The Morgan fingerprint density at radius 2 is 0.667 bits per heavy atom. The van der Waals surface area contributed by atoms with Crippen LogP contribution in [-0.4, -0.2) is 24.1 Å². The molecule has 6 nitrogen and oxygen atoms in total. The van der Waals surface area contributed by atoms with Gasteiger partial charge in [-0.2, -0.15) is 0 Å². The van der Waals surface area contributed by atoms with Crippen LogP contribution in [0.4, 0.5) is 0 Å². The van der Waals surface area contributed by atoms with Gasteiger partial charge in [-0.3, -0.25) is 0 Å². The quantitative estimate of drug-likeness (QED) is 0.160. The molecule has 0 N–H and O–H groups in total. The van der Waals surface area contributed by atoms with E-state index in [1.165, 1.54) is 43.7 Å². The molecule has 14 aromatic rings. The highest BCUT2D eigenvalue weighted by Gasteiger charge is 2.20. The van der Waals surface area contributed by atoms with Crippen molar-refractivity contribution in [3.05, 3.63) is 237 Å². The lowest BCUT2D eigenvalue weighted by Gasteiger charge is -2.12. The van der Waals surface area contributed by atoms with E-state index in [-0.39, 0.29) is 0 Å². The van der Waals surface area contributed by atoms with Gasteiger partial charge in [0.1, 0.15) is 11.2 Å². The number of nitrogens with zero attached hydrogens (tertiary/aromatic N) is 5. The molecule has 0 radical (unpaired) electrons. The van der Waals surface area contributed by atoms with E-state index in [2.05, 4.69) is 209 Å². The highest BCUT2D eigenvalue weighted by atomic mass is 16.3. The molecule has 10 aromatic carbocycles. The topological polar surface area (TPSA) is 61.7 Å². The maximum Gasteiger partial charge on any atom is 0.164 e. The zero-order valence-electron chi connectivity index (χ0n) is 37.2. The zero-order chi connectivity index (χ0) is 45.4. The molecule has 6 heteroatoms. The van der Waals surface area contributed by atoms with Crippen LogP contribution < -0.4 is 0 Å². The number of hydrogen-bond donors (Lipinski definition) is 0. The van der Waals surface area contributed by atoms with Gasteiger partial charge in [-0.1, -0.05) is 158 Å². The molecule has 4 heterocycles. The van der Waals surface area contributed by atoms with Crippen LogP contribution >= 0.6 is 0 Å². The molecular weight excluding hydrogens is 843 g/mol. The molecule has 0 aliphatic carbocycles. The molecule has 0 spiro atoms. The van der Waals surface area contributed by atoms with Gasteiger partial charge in [0.15, 0.2) is 17.5 Å². The van der Waals surface area contributed by atoms with E-state index >= 15 is 0 Å². The fourth-order valence-electron chi connectivity index (χ4n) is 10.3. The molecule has 4 aromatic heterocycles. The van der Waals surface area contributed by atoms with E-state index in [4.69, 9.17) is 19.4 Å². The number of fused-ring (bicyclic) bond motifs is 9. The van der Waals surface area contributed by atoms with Crippen LogP contribution in [0.5, 0.6) is 0 Å². The summed E-state index contributed by atoms with van der Waals surface area (Å²) < 4.78 is 11.4. The van der Waals surface area contributed by atoms with Gasteiger partial charge in [0.25, 0.3) is 0 Å². The maximum atomic E-state index is 6.65. The third-order valence-electron chi connectivity index (χ3n) is 13.5. The molecule has 0 bridgehead atoms. The predicted molar refractivity (Wildman–Crippen MR) is 283 cm³/mol. The van der Waals surface area contributed by atoms with Crippen molar-refractivity contribution >= 4 is 65.6 Å². The minimum Gasteiger partial charge on any atom is -0.456 e. The average Bonchev–Trinajstić information content (AvgIpc) is 4.07. The van der Waals surface area contributed by atoms with Crippen molar-refractivity contribution in [2.45, 2.75) is 0 Å². The van der Waals surface area contributed by atoms with Crippen molar-refractivity contribution < 1.29 is 4.42 Å². The van der Waals surface area contributed by atoms with E-state index in [1.54, 1.807) is 0 Å². The summed E-state index contributed by atoms with van der Waals surface area (Å²) in [7, 11) is 0. The van der Waals surface area contributed by atoms with Crippen molar-refractivity contribution in [2.75, 3.05) is 0 Å². The number of furan rings is 1. The van der Waals surface area contributed by atoms with Crippen LogP contribution in [0.25, 0.3) is 133 Å². The molecule has 0 saturated carbocycles. The van der Waals surface area contributed by atoms with Gasteiger partial charge in [-0.05, 0) is 101 Å². The summed E-state index contributed by atoms with van der Waals surface area (Å²) >= 11 is 0. The molecule has 0 aliphatic heterocycles. The van der Waals surface area contributed by atoms with E-state index in [9.17, 15) is 0 Å². The van der Waals surface area contributed by atoms with Crippen LogP contribution in [0.15, 0.2) is 241 Å². The summed E-state index contributed by atoms with van der Waals surface area (Å²) in [5.41, 5.74) is 15.6. The van der Waals surface area contributed by atoms with Crippen molar-refractivity contribution in [3.63, 3.8) is 0 Å². The lowest BCUT2D eigenvalue weighted by atomic mass is 9.98. The zero-order valence-corrected chi connectivity index (χ0v) is 37.2. The Labute approximate surface area is 396 Å². The first kappa shape index (κ1) is 38.8. The molecular formula is C63H39N5O. The second-order valence-corrected chi connectivity index (χ2v) is 17.6. The van der Waals surface area contributed by atoms with E-state index in [0.29, 0.717) is 17.5 Å². The molecule has 0 fully saturated rings. The van der Waals surface area contributed by atoms with Gasteiger partial charge in [0, 0.05) is 60.4 Å². The third kappa shape index (κ3) is 6.45. The van der Waals surface area contributed by atoms with Crippen LogP contribution in [-0.2, 0) is 0 Å². The van der Waals surface area contributed by atoms with Crippen molar-refractivity contribution in [2.24, 2.45) is 0 Å².